The third kappa shape index (κ3) is 2.50. The zero-order valence-electron chi connectivity index (χ0n) is 9.00. The zero-order valence-corrected chi connectivity index (χ0v) is 9.00. The molecule has 0 radical (unpaired) electrons. The van der Waals surface area contributed by atoms with Crippen LogP contribution in [0.2, 0.25) is 0 Å². The van der Waals surface area contributed by atoms with Gasteiger partial charge in [0.25, 0.3) is 0 Å². The van der Waals surface area contributed by atoms with Gasteiger partial charge in [-0.05, 0) is 18.4 Å². The molecule has 0 bridgehead atoms. The smallest absolute Gasteiger partial charge is 0.238 e. The van der Waals surface area contributed by atoms with Crippen molar-refractivity contribution < 1.29 is 0 Å². The standard InChI is InChI=1S/C11H15N5/c12-11-14-10(15-16(11)13)8-4-7-9-5-2-1-3-6-9/h1-3,5-6H,4,7-8,13H2,(H2,12,14,15). The molecule has 0 unspecified atom stereocenters. The Morgan fingerprint density at radius 3 is 2.50 bits per heavy atom. The number of nitrogen functional groups attached to an aromatic ring is 2. The summed E-state index contributed by atoms with van der Waals surface area (Å²) in [6, 6.07) is 10.3. The van der Waals surface area contributed by atoms with Gasteiger partial charge < -0.3 is 11.6 Å². The van der Waals surface area contributed by atoms with Crippen molar-refractivity contribution in [3.05, 3.63) is 41.7 Å². The van der Waals surface area contributed by atoms with Gasteiger partial charge in [0.15, 0.2) is 5.82 Å². The lowest BCUT2D eigenvalue weighted by molar-refractivity contribution is 0.746. The van der Waals surface area contributed by atoms with Crippen molar-refractivity contribution in [2.24, 2.45) is 0 Å². The van der Waals surface area contributed by atoms with Gasteiger partial charge in [0, 0.05) is 6.42 Å². The van der Waals surface area contributed by atoms with Gasteiger partial charge in [0.2, 0.25) is 5.95 Å². The maximum atomic E-state index is 5.49. The van der Waals surface area contributed by atoms with Crippen LogP contribution in [0, 0.1) is 0 Å². The van der Waals surface area contributed by atoms with Crippen LogP contribution in [0.1, 0.15) is 17.8 Å². The minimum Gasteiger partial charge on any atom is -0.367 e. The number of nitrogens with zero attached hydrogens (tertiary/aromatic N) is 3. The molecule has 0 saturated heterocycles. The lowest BCUT2D eigenvalue weighted by Crippen LogP contribution is -2.13. The van der Waals surface area contributed by atoms with E-state index in [4.69, 9.17) is 11.6 Å². The van der Waals surface area contributed by atoms with Crippen molar-refractivity contribution >= 4 is 5.95 Å². The molecule has 0 aliphatic carbocycles. The minimum atomic E-state index is 0.259. The van der Waals surface area contributed by atoms with Gasteiger partial charge in [-0.3, -0.25) is 0 Å². The average Bonchev–Trinajstić information content (AvgIpc) is 2.60. The largest absolute Gasteiger partial charge is 0.367 e. The Morgan fingerprint density at radius 2 is 1.88 bits per heavy atom. The number of aryl methyl sites for hydroxylation is 2. The van der Waals surface area contributed by atoms with E-state index >= 15 is 0 Å². The first-order valence-corrected chi connectivity index (χ1v) is 5.26. The number of anilines is 1. The summed E-state index contributed by atoms with van der Waals surface area (Å²) in [5, 5.41) is 4.00. The second-order valence-electron chi connectivity index (χ2n) is 3.67. The highest BCUT2D eigenvalue weighted by atomic mass is 15.5. The Morgan fingerprint density at radius 1 is 1.12 bits per heavy atom. The van der Waals surface area contributed by atoms with Crippen LogP contribution in [-0.4, -0.2) is 14.9 Å². The molecule has 0 aliphatic heterocycles. The summed E-state index contributed by atoms with van der Waals surface area (Å²) in [5.74, 6) is 6.41. The Labute approximate surface area is 94.1 Å². The minimum absolute atomic E-state index is 0.259. The molecule has 0 spiro atoms. The SMILES string of the molecule is Nc1nc(CCCc2ccccc2)nn1N. The van der Waals surface area contributed by atoms with Gasteiger partial charge in [-0.2, -0.15) is 4.98 Å². The van der Waals surface area contributed by atoms with Crippen LogP contribution in [0.5, 0.6) is 0 Å². The molecule has 84 valence electrons. The predicted molar refractivity (Wildman–Crippen MR) is 63.1 cm³/mol. The number of benzene rings is 1. The second kappa shape index (κ2) is 4.65. The Hall–Kier alpha value is -2.04. The van der Waals surface area contributed by atoms with Gasteiger partial charge in [0.05, 0.1) is 0 Å². The molecule has 0 aliphatic rings. The first-order chi connectivity index (χ1) is 7.75. The summed E-state index contributed by atoms with van der Waals surface area (Å²) in [6.45, 7) is 0. The van der Waals surface area contributed by atoms with Crippen LogP contribution in [0.3, 0.4) is 0 Å². The Bertz CT molecular complexity index is 429. The molecule has 5 nitrogen and oxygen atoms in total. The third-order valence-corrected chi connectivity index (χ3v) is 2.41. The van der Waals surface area contributed by atoms with E-state index < -0.39 is 0 Å². The van der Waals surface area contributed by atoms with E-state index in [1.807, 2.05) is 18.2 Å². The van der Waals surface area contributed by atoms with Crippen molar-refractivity contribution in [2.75, 3.05) is 11.6 Å². The van der Waals surface area contributed by atoms with E-state index in [9.17, 15) is 0 Å². The van der Waals surface area contributed by atoms with Crippen molar-refractivity contribution in [3.8, 4) is 0 Å². The molecule has 0 fully saturated rings. The molecule has 1 aromatic carbocycles. The van der Waals surface area contributed by atoms with Crippen LogP contribution in [0.4, 0.5) is 5.95 Å². The van der Waals surface area contributed by atoms with Crippen molar-refractivity contribution in [1.82, 2.24) is 14.9 Å². The lowest BCUT2D eigenvalue weighted by Gasteiger charge is -1.98. The van der Waals surface area contributed by atoms with Crippen molar-refractivity contribution in [3.63, 3.8) is 0 Å². The fraction of sp³-hybridized carbons (Fsp3) is 0.273. The lowest BCUT2D eigenvalue weighted by atomic mass is 10.1. The highest BCUT2D eigenvalue weighted by molar-refractivity contribution is 5.17. The molecule has 1 aromatic heterocycles. The molecular weight excluding hydrogens is 202 g/mol. The Balaban J connectivity index is 1.84. The van der Waals surface area contributed by atoms with E-state index in [0.29, 0.717) is 5.82 Å². The summed E-state index contributed by atoms with van der Waals surface area (Å²) in [5.41, 5.74) is 6.81. The van der Waals surface area contributed by atoms with Gasteiger partial charge in [-0.1, -0.05) is 30.3 Å². The summed E-state index contributed by atoms with van der Waals surface area (Å²) in [6.07, 6.45) is 2.80. The molecule has 0 saturated carbocycles. The van der Waals surface area contributed by atoms with Crippen molar-refractivity contribution in [2.45, 2.75) is 19.3 Å². The van der Waals surface area contributed by atoms with E-state index in [0.717, 1.165) is 24.1 Å². The molecule has 5 heteroatoms. The number of hydrogen-bond acceptors (Lipinski definition) is 4. The topological polar surface area (TPSA) is 82.8 Å². The molecule has 2 aromatic rings. The van der Waals surface area contributed by atoms with Crippen LogP contribution in [0.15, 0.2) is 30.3 Å². The molecular formula is C11H15N5. The van der Waals surface area contributed by atoms with Gasteiger partial charge in [-0.25, -0.2) is 0 Å². The summed E-state index contributed by atoms with van der Waals surface area (Å²) in [4.78, 5) is 5.16. The highest BCUT2D eigenvalue weighted by Crippen LogP contribution is 2.06. The van der Waals surface area contributed by atoms with Crippen LogP contribution < -0.4 is 11.6 Å². The quantitative estimate of drug-likeness (QED) is 0.740. The summed E-state index contributed by atoms with van der Waals surface area (Å²) in [7, 11) is 0. The zero-order chi connectivity index (χ0) is 11.4. The van der Waals surface area contributed by atoms with Crippen LogP contribution >= 0.6 is 0 Å². The average molecular weight is 217 g/mol. The van der Waals surface area contributed by atoms with E-state index in [1.165, 1.54) is 5.56 Å². The summed E-state index contributed by atoms with van der Waals surface area (Å²) >= 11 is 0. The predicted octanol–water partition coefficient (Wildman–Crippen LogP) is 0.749. The van der Waals surface area contributed by atoms with E-state index in [1.54, 1.807) is 0 Å². The third-order valence-electron chi connectivity index (χ3n) is 2.41. The number of nitrogens with two attached hydrogens (primary N) is 2. The molecule has 4 N–H and O–H groups in total. The molecule has 1 heterocycles. The fourth-order valence-corrected chi connectivity index (χ4v) is 1.58. The van der Waals surface area contributed by atoms with Crippen LogP contribution in [-0.2, 0) is 12.8 Å². The van der Waals surface area contributed by atoms with Crippen molar-refractivity contribution in [1.29, 1.82) is 0 Å². The maximum absolute atomic E-state index is 5.49. The van der Waals surface area contributed by atoms with Gasteiger partial charge in [-0.15, -0.1) is 9.89 Å². The second-order valence-corrected chi connectivity index (χ2v) is 3.67. The molecule has 2 rings (SSSR count). The van der Waals surface area contributed by atoms with E-state index in [-0.39, 0.29) is 5.95 Å². The molecule has 0 atom stereocenters. The first kappa shape index (κ1) is 10.5. The highest BCUT2D eigenvalue weighted by Gasteiger charge is 2.03. The number of rotatable bonds is 4. The Kier molecular flexibility index (Phi) is 3.05. The first-order valence-electron chi connectivity index (χ1n) is 5.26. The van der Waals surface area contributed by atoms with Gasteiger partial charge in [0.1, 0.15) is 0 Å². The maximum Gasteiger partial charge on any atom is 0.238 e. The molecule has 16 heavy (non-hydrogen) atoms. The monoisotopic (exact) mass is 217 g/mol. The summed E-state index contributed by atoms with van der Waals surface area (Å²) < 4.78 is 0. The molecule has 0 amide bonds. The van der Waals surface area contributed by atoms with E-state index in [2.05, 4.69) is 22.2 Å². The number of aromatic nitrogens is 3. The normalized spacial score (nSPS) is 10.5. The van der Waals surface area contributed by atoms with Gasteiger partial charge >= 0.3 is 0 Å². The number of hydrogen-bond donors (Lipinski definition) is 2. The fourth-order valence-electron chi connectivity index (χ4n) is 1.58. The van der Waals surface area contributed by atoms with Crippen LogP contribution in [0.25, 0.3) is 0 Å².